The first-order valence-electron chi connectivity index (χ1n) is 37.6. The van der Waals surface area contributed by atoms with E-state index in [4.69, 9.17) is 43.4 Å². The van der Waals surface area contributed by atoms with Crippen molar-refractivity contribution in [2.24, 2.45) is 21.1 Å². The Morgan fingerprint density at radius 3 is 1.04 bits per heavy atom. The van der Waals surface area contributed by atoms with Gasteiger partial charge >= 0.3 is 0 Å². The third kappa shape index (κ3) is 21.3. The number of halogens is 3. The molecule has 0 aliphatic heterocycles. The number of aliphatic hydroxyl groups excluding tert-OH is 3. The minimum absolute atomic E-state index is 0.148. The van der Waals surface area contributed by atoms with Crippen molar-refractivity contribution in [2.75, 3.05) is 61.0 Å². The van der Waals surface area contributed by atoms with E-state index >= 15 is 0 Å². The van der Waals surface area contributed by atoms with E-state index in [-0.39, 0.29) is 80.0 Å². The van der Waals surface area contributed by atoms with Crippen molar-refractivity contribution in [1.82, 2.24) is 88.9 Å². The molecule has 0 saturated heterocycles. The minimum atomic E-state index is -1.27. The summed E-state index contributed by atoms with van der Waals surface area (Å²) in [6, 6.07) is 14.5. The maximum Gasteiger partial charge on any atom is 0.255 e. The molecule has 12 aromatic rings. The van der Waals surface area contributed by atoms with Gasteiger partial charge in [0, 0.05) is 121 Å². The van der Waals surface area contributed by atoms with E-state index < -0.39 is 66.9 Å². The Hall–Kier alpha value is -9.58. The quantitative estimate of drug-likeness (QED) is 0.0164. The summed E-state index contributed by atoms with van der Waals surface area (Å²) in [6.45, 7) is 28.0. The lowest BCUT2D eigenvalue weighted by Gasteiger charge is -2.23. The average molecular weight is 1630 g/mol. The first-order chi connectivity index (χ1) is 54.0. The number of aromatic nitrogens is 15. The van der Waals surface area contributed by atoms with Gasteiger partial charge in [-0.2, -0.15) is 15.3 Å². The van der Waals surface area contributed by atoms with Crippen LogP contribution in [-0.2, 0) is 69.8 Å². The molecule has 0 saturated carbocycles. The van der Waals surface area contributed by atoms with E-state index in [1.165, 1.54) is 50.4 Å². The summed E-state index contributed by atoms with van der Waals surface area (Å²) in [6.07, 6.45) is 7.73. The van der Waals surface area contributed by atoms with E-state index in [0.29, 0.717) is 115 Å². The lowest BCUT2D eigenvalue weighted by molar-refractivity contribution is 0.0421. The van der Waals surface area contributed by atoms with Crippen molar-refractivity contribution >= 4 is 108 Å². The van der Waals surface area contributed by atoms with Gasteiger partial charge in [0.15, 0.2) is 16.9 Å². The average Bonchev–Trinajstić information content (AvgIpc) is 1.63. The van der Waals surface area contributed by atoms with Gasteiger partial charge in [0.25, 0.3) is 17.7 Å². The molecular weight excluding hydrogens is 1520 g/mol. The van der Waals surface area contributed by atoms with Gasteiger partial charge in [-0.25, -0.2) is 43.1 Å². The molecule has 0 aliphatic rings. The van der Waals surface area contributed by atoms with Crippen molar-refractivity contribution in [2.45, 2.75) is 154 Å². The number of hydrogen-bond acceptors (Lipinski definition) is 21. The number of carbonyl (C=O) groups excluding carboxylic acids is 3. The highest BCUT2D eigenvalue weighted by Crippen LogP contribution is 2.34. The fourth-order valence-corrected chi connectivity index (χ4v) is 14.6. The van der Waals surface area contributed by atoms with Crippen LogP contribution in [-0.4, -0.2) is 228 Å². The Bertz CT molecular complexity index is 5370. The molecule has 36 heteroatoms. The molecule has 3 amide bonds. The van der Waals surface area contributed by atoms with Gasteiger partial charge in [0.1, 0.15) is 88.4 Å². The monoisotopic (exact) mass is 1630 g/mol. The molecule has 12 rings (SSSR count). The van der Waals surface area contributed by atoms with E-state index in [2.05, 4.69) is 105 Å². The lowest BCUT2D eigenvalue weighted by atomic mass is 10.1. The predicted octanol–water partition coefficient (Wildman–Crippen LogP) is 10.7. The zero-order valence-electron chi connectivity index (χ0n) is 68.0. The second-order valence-electron chi connectivity index (χ2n) is 32.0. The number of benzene rings is 3. The van der Waals surface area contributed by atoms with Crippen LogP contribution in [0.5, 0.6) is 0 Å². The summed E-state index contributed by atoms with van der Waals surface area (Å²) < 4.78 is 85.2. The molecule has 30 nitrogen and oxygen atoms in total. The van der Waals surface area contributed by atoms with Gasteiger partial charge < -0.3 is 73.4 Å². The van der Waals surface area contributed by atoms with E-state index in [9.17, 15) is 42.9 Å². The summed E-state index contributed by atoms with van der Waals surface area (Å²) in [5.41, 5.74) is 8.23. The highest BCUT2D eigenvalue weighted by atomic mass is 28.3. The highest BCUT2D eigenvalue weighted by Gasteiger charge is 2.30. The Kier molecular flexibility index (Phi) is 28.4. The Balaban J connectivity index is 0.000000181. The smallest absolute Gasteiger partial charge is 0.255 e. The zero-order valence-corrected chi connectivity index (χ0v) is 71.0. The largest absolute Gasteiger partial charge is 0.394 e. The number of nitrogens with one attached hydrogen (secondary N) is 3. The second-order valence-corrected chi connectivity index (χ2v) is 48.9. The van der Waals surface area contributed by atoms with Crippen molar-refractivity contribution in [3.63, 3.8) is 0 Å². The fourth-order valence-electron chi connectivity index (χ4n) is 12.4. The van der Waals surface area contributed by atoms with Crippen LogP contribution in [0.25, 0.3) is 100 Å². The van der Waals surface area contributed by atoms with Gasteiger partial charge in [-0.05, 0) is 93.5 Å². The fraction of sp³-hybridized carbons (Fsp3) is 0.462. The van der Waals surface area contributed by atoms with Crippen molar-refractivity contribution in [3.05, 3.63) is 126 Å². The minimum Gasteiger partial charge on any atom is -0.394 e. The van der Waals surface area contributed by atoms with E-state index in [0.717, 1.165) is 28.9 Å². The topological polar surface area (TPSA) is 349 Å². The maximum absolute atomic E-state index is 13.9. The molecule has 6 N–H and O–H groups in total. The molecule has 114 heavy (non-hydrogen) atoms. The van der Waals surface area contributed by atoms with Crippen LogP contribution in [0.2, 0.25) is 77.1 Å². The normalized spacial score (nSPS) is 13.8. The zero-order chi connectivity index (χ0) is 82.8. The predicted molar refractivity (Wildman–Crippen MR) is 438 cm³/mol. The summed E-state index contributed by atoms with van der Waals surface area (Å²) in [7, 11) is 6.08. The SMILES string of the molecule is COC[C@@H](NC(=O)c1cn(COCC[Si](C)(C)C)c2ncc(-c3nn(C)c4cc(F)ccc34)nc12)[C@H](C)O.COC[C@@H](NC(=O)c1cn(COCC[Si](C)(C)C)c2ncc(-c3nn(C)c4cc(F)ccc34)nc12)[C@H](C)OC.C[C@H](O)[C@@H](CO)NC(=O)c1cn(COCC[Si](C)(C)C)c2ncc(-c3nn(C)c4cc(F)ccc34)nc12. The Morgan fingerprint density at radius 1 is 0.465 bits per heavy atom. The molecule has 0 unspecified atom stereocenters. The van der Waals surface area contributed by atoms with Gasteiger partial charge in [0.2, 0.25) is 0 Å². The standard InChI is InChI=1S/C27H37FN6O4Si.C26H35FN6O4Si.C25H33FN6O4Si/c1-17(37-4)22(15-36-3)31-27(35)20-14-34(16-38-10-11-39(5,6)7)26-25(20)30-21(13-29-26)24-19-9-8-18(28)12-23(19)33(2)32-24;1-16(34)21(14-36-3)30-26(35)19-13-33(15-37-9-10-38(4,5)6)25-24(19)29-20(12-28-25)23-18-8-7-17(27)11-22(18)32(2)31-23;1-15(34)20(13-33)29-25(35)18-12-32(14-36-8-9-37(3,4)5)24-23(18)28-19(11-27-24)22-17-7-6-16(26)10-21(17)31(2)30-22/h8-9,12-14,17,22H,10-11,15-16H2,1-7H3,(H,31,35);7-8,11-13,16,21,34H,9-10,14-15H2,1-6H3,(H,30,35);6-7,10-12,15,20,33-34H,8-9,13-14H2,1-5H3,(H,29,35)/t17-,22+;16-,21+;15-,20+/m000/s1. The molecule has 6 atom stereocenters. The second kappa shape index (κ2) is 37.4. The van der Waals surface area contributed by atoms with Crippen LogP contribution in [0.3, 0.4) is 0 Å². The Labute approximate surface area is 661 Å². The summed E-state index contributed by atoms with van der Waals surface area (Å²) in [5, 5.41) is 53.8. The van der Waals surface area contributed by atoms with Gasteiger partial charge in [-0.3, -0.25) is 28.4 Å². The van der Waals surface area contributed by atoms with Crippen LogP contribution < -0.4 is 16.0 Å². The van der Waals surface area contributed by atoms with Crippen molar-refractivity contribution < 1.29 is 71.3 Å². The summed E-state index contributed by atoms with van der Waals surface area (Å²) in [4.78, 5) is 68.3. The molecular formula is C78H105F3N18O12Si3. The highest BCUT2D eigenvalue weighted by molar-refractivity contribution is 6.76. The van der Waals surface area contributed by atoms with Gasteiger partial charge in [0.05, 0.1) is 108 Å². The number of rotatable bonds is 33. The van der Waals surface area contributed by atoms with Crippen molar-refractivity contribution in [1.29, 1.82) is 0 Å². The molecule has 0 aliphatic carbocycles. The van der Waals surface area contributed by atoms with E-state index in [1.54, 1.807) is 125 Å². The van der Waals surface area contributed by atoms with Crippen LogP contribution in [0.15, 0.2) is 91.8 Å². The number of ether oxygens (including phenoxy) is 6. The molecule has 3 aromatic carbocycles. The first kappa shape index (κ1) is 86.8. The molecule has 0 bridgehead atoms. The summed E-state index contributed by atoms with van der Waals surface area (Å²) >= 11 is 0. The molecule has 0 fully saturated rings. The number of methoxy groups -OCH3 is 3. The number of nitrogens with zero attached hydrogens (tertiary/aromatic N) is 15. The number of aliphatic hydroxyl groups is 3. The van der Waals surface area contributed by atoms with Crippen LogP contribution in [0.1, 0.15) is 51.8 Å². The third-order valence-corrected chi connectivity index (χ3v) is 24.3. The van der Waals surface area contributed by atoms with Gasteiger partial charge in [-0.1, -0.05) is 58.9 Å². The number of amides is 3. The number of aryl methyl sites for hydroxylation is 3. The molecule has 0 spiro atoms. The molecule has 0 radical (unpaired) electrons. The Morgan fingerprint density at radius 2 is 0.763 bits per heavy atom. The van der Waals surface area contributed by atoms with Crippen LogP contribution in [0, 0.1) is 17.5 Å². The van der Waals surface area contributed by atoms with Crippen LogP contribution >= 0.6 is 0 Å². The number of fused-ring (bicyclic) bond motifs is 6. The molecule has 9 heterocycles. The first-order valence-corrected chi connectivity index (χ1v) is 48.7. The maximum atomic E-state index is 13.9. The van der Waals surface area contributed by atoms with Gasteiger partial charge in [-0.15, -0.1) is 0 Å². The number of carbonyl (C=O) groups is 3. The molecule has 9 aromatic heterocycles. The van der Waals surface area contributed by atoms with Crippen molar-refractivity contribution in [3.8, 4) is 34.2 Å². The lowest BCUT2D eigenvalue weighted by Crippen LogP contribution is -2.45. The van der Waals surface area contributed by atoms with E-state index in [1.807, 2.05) is 6.92 Å². The summed E-state index contributed by atoms with van der Waals surface area (Å²) in [5.74, 6) is -2.33. The third-order valence-electron chi connectivity index (χ3n) is 19.2. The van der Waals surface area contributed by atoms with Crippen LogP contribution in [0.4, 0.5) is 13.2 Å². The molecule has 612 valence electrons. The number of hydrogen-bond donors (Lipinski definition) is 6.